The summed E-state index contributed by atoms with van der Waals surface area (Å²) in [7, 11) is -2.60. The van der Waals surface area contributed by atoms with E-state index in [0.29, 0.717) is 10.7 Å². The van der Waals surface area contributed by atoms with Gasteiger partial charge in [0.25, 0.3) is 0 Å². The molecule has 1 aromatic carbocycles. The molecular formula is C7H8ClNNaO2S. The van der Waals surface area contributed by atoms with Gasteiger partial charge in [0.05, 0.1) is 5.69 Å². The summed E-state index contributed by atoms with van der Waals surface area (Å²) in [5, 5.41) is 0.596. The van der Waals surface area contributed by atoms with Crippen LogP contribution in [0.1, 0.15) is 5.56 Å². The summed E-state index contributed by atoms with van der Waals surface area (Å²) in [6.45, 7) is 1.78. The minimum atomic E-state index is -2.60. The van der Waals surface area contributed by atoms with Crippen LogP contribution in [0.2, 0.25) is 5.02 Å². The van der Waals surface area contributed by atoms with E-state index in [9.17, 15) is 8.42 Å². The minimum absolute atomic E-state index is 0. The van der Waals surface area contributed by atoms with Crippen LogP contribution in [0.25, 0.3) is 0 Å². The van der Waals surface area contributed by atoms with Gasteiger partial charge in [-0.1, -0.05) is 11.6 Å². The number of nitrogens with one attached hydrogen (secondary N) is 1. The zero-order chi connectivity index (χ0) is 9.14. The number of anilines is 1. The Hall–Kier alpha value is 0.260. The molecule has 1 rings (SSSR count). The quantitative estimate of drug-likeness (QED) is 0.590. The Kier molecular flexibility index (Phi) is 6.00. The van der Waals surface area contributed by atoms with E-state index in [4.69, 9.17) is 11.6 Å². The minimum Gasteiger partial charge on any atom is -0.285 e. The van der Waals surface area contributed by atoms with E-state index in [2.05, 4.69) is 4.72 Å². The Balaban J connectivity index is 0.00000144. The maximum Gasteiger partial charge on any atom is 0.222 e. The second-order valence-electron chi connectivity index (χ2n) is 2.33. The molecule has 0 heterocycles. The third kappa shape index (κ3) is 4.33. The van der Waals surface area contributed by atoms with E-state index in [1.807, 2.05) is 0 Å². The summed E-state index contributed by atoms with van der Waals surface area (Å²) in [6, 6.07) is 4.96. The van der Waals surface area contributed by atoms with Gasteiger partial charge in [0.2, 0.25) is 10.9 Å². The molecule has 0 unspecified atom stereocenters. The Labute approximate surface area is 106 Å². The van der Waals surface area contributed by atoms with Gasteiger partial charge in [-0.25, -0.2) is 8.42 Å². The van der Waals surface area contributed by atoms with Crippen LogP contribution in [0.3, 0.4) is 0 Å². The van der Waals surface area contributed by atoms with Gasteiger partial charge in [-0.3, -0.25) is 4.72 Å². The first kappa shape index (κ1) is 13.3. The largest absolute Gasteiger partial charge is 0.285 e. The molecule has 0 aliphatic heterocycles. The molecule has 0 fully saturated rings. The maximum absolute atomic E-state index is 10.3. The Bertz CT molecular complexity index is 360. The number of hydrogen-bond donors (Lipinski definition) is 2. The first-order valence-corrected chi connectivity index (χ1v) is 4.82. The standard InChI is InChI=1S/C7H8ClNO2S.Na/c1-5-4-6(8)2-3-7(5)9-12(10)11;/h2-4,12H,1H3,(H,9,10,11);. The molecule has 0 saturated carbocycles. The number of halogens is 1. The molecule has 3 nitrogen and oxygen atoms in total. The first-order chi connectivity index (χ1) is 5.59. The fraction of sp³-hybridized carbons (Fsp3) is 0.143. The van der Waals surface area contributed by atoms with Crippen LogP contribution in [-0.2, 0) is 10.9 Å². The molecule has 13 heavy (non-hydrogen) atoms. The van der Waals surface area contributed by atoms with Gasteiger partial charge in [-0.15, -0.1) is 0 Å². The van der Waals surface area contributed by atoms with Crippen molar-refractivity contribution in [2.45, 2.75) is 6.92 Å². The second-order valence-corrected chi connectivity index (χ2v) is 3.50. The van der Waals surface area contributed by atoms with Gasteiger partial charge in [-0.2, -0.15) is 0 Å². The van der Waals surface area contributed by atoms with E-state index in [1.165, 1.54) is 0 Å². The molecular weight excluding hydrogens is 221 g/mol. The van der Waals surface area contributed by atoms with Gasteiger partial charge in [0, 0.05) is 34.6 Å². The normalized spacial score (nSPS) is 9.46. The van der Waals surface area contributed by atoms with Crippen LogP contribution in [0.5, 0.6) is 0 Å². The fourth-order valence-electron chi connectivity index (χ4n) is 0.851. The number of thiol groups is 1. The van der Waals surface area contributed by atoms with E-state index in [0.717, 1.165) is 5.56 Å². The average molecular weight is 229 g/mol. The molecule has 67 valence electrons. The molecule has 0 amide bonds. The van der Waals surface area contributed by atoms with Gasteiger partial charge < -0.3 is 0 Å². The van der Waals surface area contributed by atoms with Crippen LogP contribution >= 0.6 is 11.6 Å². The summed E-state index contributed by atoms with van der Waals surface area (Å²) in [6.07, 6.45) is 0. The van der Waals surface area contributed by atoms with Gasteiger partial charge in [-0.05, 0) is 30.7 Å². The fourth-order valence-corrected chi connectivity index (χ4v) is 1.53. The van der Waals surface area contributed by atoms with Gasteiger partial charge >= 0.3 is 0 Å². The topological polar surface area (TPSA) is 46.2 Å². The average Bonchev–Trinajstić information content (AvgIpc) is 1.94. The van der Waals surface area contributed by atoms with Crippen LogP contribution < -0.4 is 4.72 Å². The van der Waals surface area contributed by atoms with E-state index in [-0.39, 0.29) is 29.6 Å². The van der Waals surface area contributed by atoms with E-state index in [1.54, 1.807) is 25.1 Å². The Morgan fingerprint density at radius 1 is 1.38 bits per heavy atom. The molecule has 0 aliphatic rings. The van der Waals surface area contributed by atoms with Crippen molar-refractivity contribution in [2.24, 2.45) is 0 Å². The predicted octanol–water partition coefficient (Wildman–Crippen LogP) is 1.21. The Morgan fingerprint density at radius 3 is 2.46 bits per heavy atom. The SMILES string of the molecule is Cc1cc(Cl)ccc1N[SH](=O)=O.[Na]. The Morgan fingerprint density at radius 2 is 2.00 bits per heavy atom. The summed E-state index contributed by atoms with van der Waals surface area (Å²) in [5.74, 6) is 0. The smallest absolute Gasteiger partial charge is 0.222 e. The molecule has 0 saturated heterocycles. The molecule has 0 atom stereocenters. The van der Waals surface area contributed by atoms with Crippen LogP contribution in [0.4, 0.5) is 5.69 Å². The van der Waals surface area contributed by atoms with Crippen molar-refractivity contribution in [3.05, 3.63) is 28.8 Å². The number of hydrogen-bond acceptors (Lipinski definition) is 2. The number of benzene rings is 1. The summed E-state index contributed by atoms with van der Waals surface area (Å²) >= 11 is 5.67. The van der Waals surface area contributed by atoms with Gasteiger partial charge in [0.1, 0.15) is 0 Å². The molecule has 1 radical (unpaired) electrons. The molecule has 0 bridgehead atoms. The van der Waals surface area contributed by atoms with Gasteiger partial charge in [0.15, 0.2) is 0 Å². The number of rotatable bonds is 2. The monoisotopic (exact) mass is 228 g/mol. The van der Waals surface area contributed by atoms with Crippen molar-refractivity contribution in [3.8, 4) is 0 Å². The zero-order valence-corrected chi connectivity index (χ0v) is 11.0. The molecule has 1 N–H and O–H groups in total. The number of aryl methyl sites for hydroxylation is 1. The van der Waals surface area contributed by atoms with E-state index < -0.39 is 10.9 Å². The van der Waals surface area contributed by atoms with Crippen molar-refractivity contribution in [1.29, 1.82) is 0 Å². The molecule has 0 aromatic heterocycles. The molecule has 1 aromatic rings. The van der Waals surface area contributed by atoms with Crippen molar-refractivity contribution in [3.63, 3.8) is 0 Å². The molecule has 6 heteroatoms. The summed E-state index contributed by atoms with van der Waals surface area (Å²) < 4.78 is 22.9. The third-order valence-corrected chi connectivity index (χ3v) is 2.06. The summed E-state index contributed by atoms with van der Waals surface area (Å²) in [4.78, 5) is 0. The van der Waals surface area contributed by atoms with Crippen molar-refractivity contribution >= 4 is 57.7 Å². The molecule has 0 spiro atoms. The molecule has 0 aliphatic carbocycles. The third-order valence-electron chi connectivity index (χ3n) is 1.40. The van der Waals surface area contributed by atoms with Crippen molar-refractivity contribution in [1.82, 2.24) is 0 Å². The van der Waals surface area contributed by atoms with Crippen LogP contribution in [-0.4, -0.2) is 38.0 Å². The zero-order valence-electron chi connectivity index (χ0n) is 7.37. The van der Waals surface area contributed by atoms with Crippen LogP contribution in [0, 0.1) is 6.92 Å². The summed E-state index contributed by atoms with van der Waals surface area (Å²) in [5.41, 5.74) is 1.37. The second kappa shape index (κ2) is 5.88. The van der Waals surface area contributed by atoms with Crippen molar-refractivity contribution in [2.75, 3.05) is 4.72 Å². The van der Waals surface area contributed by atoms with Crippen molar-refractivity contribution < 1.29 is 8.42 Å². The van der Waals surface area contributed by atoms with Crippen LogP contribution in [0.15, 0.2) is 18.2 Å². The maximum atomic E-state index is 10.3. The van der Waals surface area contributed by atoms with E-state index >= 15 is 0 Å². The first-order valence-electron chi connectivity index (χ1n) is 3.27. The predicted molar refractivity (Wildman–Crippen MR) is 55.9 cm³/mol.